The van der Waals surface area contributed by atoms with Gasteiger partial charge in [0, 0.05) is 28.3 Å². The van der Waals surface area contributed by atoms with Gasteiger partial charge in [0.2, 0.25) is 0 Å². The number of benzene rings is 1. The lowest BCUT2D eigenvalue weighted by Gasteiger charge is -2.35. The molecule has 0 unspecified atom stereocenters. The van der Waals surface area contributed by atoms with Gasteiger partial charge in [-0.3, -0.25) is 4.98 Å². The average Bonchev–Trinajstić information content (AvgIpc) is 3.49. The number of hydrogen-bond acceptors (Lipinski definition) is 2. The predicted octanol–water partition coefficient (Wildman–Crippen LogP) is 5.37. The van der Waals surface area contributed by atoms with E-state index in [1.54, 1.807) is 0 Å². The molecule has 2 heteroatoms. The minimum atomic E-state index is 0.275. The van der Waals surface area contributed by atoms with Gasteiger partial charge in [-0.05, 0) is 92.1 Å². The molecular formula is C25H28N2. The molecule has 1 saturated heterocycles. The van der Waals surface area contributed by atoms with Gasteiger partial charge in [0.1, 0.15) is 0 Å². The van der Waals surface area contributed by atoms with E-state index < -0.39 is 0 Å². The van der Waals surface area contributed by atoms with E-state index in [4.69, 9.17) is 4.98 Å². The van der Waals surface area contributed by atoms with Crippen LogP contribution in [0.4, 0.5) is 0 Å². The summed E-state index contributed by atoms with van der Waals surface area (Å²) in [5.41, 5.74) is 10.3. The number of pyridine rings is 1. The number of fused-ring (bicyclic) bond motifs is 2. The number of allylic oxidation sites excluding steroid dienone is 1. The molecule has 1 saturated carbocycles. The molecule has 1 spiro atoms. The van der Waals surface area contributed by atoms with E-state index in [2.05, 4.69) is 55.7 Å². The van der Waals surface area contributed by atoms with Crippen LogP contribution in [0.25, 0.3) is 11.1 Å². The Morgan fingerprint density at radius 2 is 1.93 bits per heavy atom. The molecule has 2 aliphatic carbocycles. The topological polar surface area (TPSA) is 24.9 Å². The van der Waals surface area contributed by atoms with Crippen molar-refractivity contribution in [1.29, 1.82) is 0 Å². The predicted molar refractivity (Wildman–Crippen MR) is 113 cm³/mol. The number of nitrogens with one attached hydrogen (secondary N) is 1. The van der Waals surface area contributed by atoms with Crippen molar-refractivity contribution in [2.24, 2.45) is 0 Å². The van der Waals surface area contributed by atoms with Crippen LogP contribution in [0.5, 0.6) is 0 Å². The van der Waals surface area contributed by atoms with Crippen molar-refractivity contribution in [2.45, 2.75) is 50.4 Å². The monoisotopic (exact) mass is 356 g/mol. The smallest absolute Gasteiger partial charge is 0.0454 e. The van der Waals surface area contributed by atoms with E-state index in [0.717, 1.165) is 30.8 Å². The van der Waals surface area contributed by atoms with E-state index >= 15 is 0 Å². The van der Waals surface area contributed by atoms with E-state index in [1.807, 2.05) is 0 Å². The zero-order chi connectivity index (χ0) is 18.6. The van der Waals surface area contributed by atoms with Crippen LogP contribution in [0.1, 0.15) is 71.7 Å². The van der Waals surface area contributed by atoms with Crippen LogP contribution in [0, 0.1) is 6.92 Å². The molecule has 0 radical (unpaired) electrons. The second kappa shape index (κ2) is 6.17. The normalized spacial score (nSPS) is 20.7. The third-order valence-electron chi connectivity index (χ3n) is 6.86. The fourth-order valence-electron chi connectivity index (χ4n) is 5.09. The van der Waals surface area contributed by atoms with Gasteiger partial charge < -0.3 is 5.32 Å². The summed E-state index contributed by atoms with van der Waals surface area (Å²) < 4.78 is 0. The number of rotatable bonds is 3. The lowest BCUT2D eigenvalue weighted by molar-refractivity contribution is 0.322. The molecule has 0 atom stereocenters. The fourth-order valence-corrected chi connectivity index (χ4v) is 5.09. The van der Waals surface area contributed by atoms with Crippen molar-refractivity contribution >= 4 is 11.1 Å². The molecule has 1 N–H and O–H groups in total. The highest BCUT2D eigenvalue weighted by atomic mass is 14.9. The van der Waals surface area contributed by atoms with Gasteiger partial charge in [0.25, 0.3) is 0 Å². The van der Waals surface area contributed by atoms with Crippen LogP contribution in [0.3, 0.4) is 0 Å². The van der Waals surface area contributed by atoms with Gasteiger partial charge in [-0.2, -0.15) is 0 Å². The number of piperidine rings is 1. The van der Waals surface area contributed by atoms with Crippen molar-refractivity contribution in [2.75, 3.05) is 13.1 Å². The molecule has 138 valence electrons. The number of nitrogens with zero attached hydrogens (tertiary/aromatic N) is 1. The quantitative estimate of drug-likeness (QED) is 0.800. The Hall–Kier alpha value is -2.19. The Morgan fingerprint density at radius 1 is 1.15 bits per heavy atom. The molecule has 2 aromatic rings. The van der Waals surface area contributed by atoms with Crippen LogP contribution in [-0.4, -0.2) is 18.1 Å². The first-order valence-corrected chi connectivity index (χ1v) is 10.3. The third-order valence-corrected chi connectivity index (χ3v) is 6.86. The first-order valence-electron chi connectivity index (χ1n) is 10.3. The number of aryl methyl sites for hydroxylation is 1. The van der Waals surface area contributed by atoms with Gasteiger partial charge in [-0.25, -0.2) is 0 Å². The Labute approximate surface area is 162 Å². The van der Waals surface area contributed by atoms with Gasteiger partial charge in [0.05, 0.1) is 0 Å². The molecule has 0 amide bonds. The third kappa shape index (κ3) is 2.78. The summed E-state index contributed by atoms with van der Waals surface area (Å²) in [5.74, 6) is 0.691. The summed E-state index contributed by atoms with van der Waals surface area (Å²) >= 11 is 0. The van der Waals surface area contributed by atoms with Crippen LogP contribution in [-0.2, 0) is 5.41 Å². The molecule has 1 aliphatic heterocycles. The van der Waals surface area contributed by atoms with Crippen molar-refractivity contribution in [3.05, 3.63) is 77.1 Å². The Morgan fingerprint density at radius 3 is 2.63 bits per heavy atom. The molecule has 27 heavy (non-hydrogen) atoms. The minimum Gasteiger partial charge on any atom is -0.317 e. The van der Waals surface area contributed by atoms with E-state index in [1.165, 1.54) is 59.2 Å². The van der Waals surface area contributed by atoms with Crippen LogP contribution in [0.2, 0.25) is 0 Å². The van der Waals surface area contributed by atoms with Crippen molar-refractivity contribution in [3.8, 4) is 0 Å². The zero-order valence-electron chi connectivity index (χ0n) is 16.3. The summed E-state index contributed by atoms with van der Waals surface area (Å²) in [4.78, 5) is 4.87. The van der Waals surface area contributed by atoms with Crippen LogP contribution >= 0.6 is 0 Å². The molecule has 3 aliphatic rings. The van der Waals surface area contributed by atoms with E-state index in [0.29, 0.717) is 5.92 Å². The first kappa shape index (κ1) is 16.9. The fraction of sp³-hybridized carbons (Fsp3) is 0.400. The lowest BCUT2D eigenvalue weighted by Crippen LogP contribution is -2.38. The molecule has 2 nitrogen and oxygen atoms in total. The standard InChI is InChI=1S/C25H28N2/c1-16-15-25(10-12-26-13-11-25)23-14-20(6-7-21(16)23)17(2)22-8-9-24(19-4-5-19)27-18(22)3/h6-9,14,19,26H,1-2,4-5,10-13,15H2,3H3. The second-order valence-corrected chi connectivity index (χ2v) is 8.69. The summed E-state index contributed by atoms with van der Waals surface area (Å²) in [6.45, 7) is 13.1. The van der Waals surface area contributed by atoms with Gasteiger partial charge in [0.15, 0.2) is 0 Å². The lowest BCUT2D eigenvalue weighted by atomic mass is 9.73. The number of aromatic nitrogens is 1. The van der Waals surface area contributed by atoms with Gasteiger partial charge >= 0.3 is 0 Å². The molecule has 2 heterocycles. The maximum Gasteiger partial charge on any atom is 0.0454 e. The number of hydrogen-bond donors (Lipinski definition) is 1. The molecule has 1 aromatic heterocycles. The molecule has 0 bridgehead atoms. The highest BCUT2D eigenvalue weighted by Crippen LogP contribution is 2.50. The molecule has 1 aromatic carbocycles. The maximum absolute atomic E-state index is 4.87. The Kier molecular flexibility index (Phi) is 3.87. The zero-order valence-corrected chi connectivity index (χ0v) is 16.3. The van der Waals surface area contributed by atoms with Gasteiger partial charge in [-0.15, -0.1) is 0 Å². The summed E-state index contributed by atoms with van der Waals surface area (Å²) in [5, 5.41) is 3.52. The van der Waals surface area contributed by atoms with Crippen molar-refractivity contribution in [1.82, 2.24) is 10.3 Å². The highest BCUT2D eigenvalue weighted by Gasteiger charge is 2.41. The van der Waals surface area contributed by atoms with Crippen LogP contribution in [0.15, 0.2) is 43.5 Å². The summed E-state index contributed by atoms with van der Waals surface area (Å²) in [6.07, 6.45) is 6.09. The SMILES string of the molecule is C=C1CC2(CCNCC2)c2cc(C(=C)c3ccc(C4CC4)nc3C)ccc21. The highest BCUT2D eigenvalue weighted by molar-refractivity contribution is 5.83. The Balaban J connectivity index is 1.52. The average molecular weight is 357 g/mol. The van der Waals surface area contributed by atoms with Crippen molar-refractivity contribution < 1.29 is 0 Å². The Bertz CT molecular complexity index is 943. The first-order chi connectivity index (χ1) is 13.1. The summed E-state index contributed by atoms with van der Waals surface area (Å²) in [6, 6.07) is 11.3. The van der Waals surface area contributed by atoms with E-state index in [-0.39, 0.29) is 5.41 Å². The van der Waals surface area contributed by atoms with E-state index in [9.17, 15) is 0 Å². The van der Waals surface area contributed by atoms with Crippen molar-refractivity contribution in [3.63, 3.8) is 0 Å². The van der Waals surface area contributed by atoms with Gasteiger partial charge in [-0.1, -0.05) is 31.4 Å². The minimum absolute atomic E-state index is 0.275. The molecule has 2 fully saturated rings. The largest absolute Gasteiger partial charge is 0.317 e. The van der Waals surface area contributed by atoms with Crippen LogP contribution < -0.4 is 5.32 Å². The second-order valence-electron chi connectivity index (χ2n) is 8.69. The summed E-state index contributed by atoms with van der Waals surface area (Å²) in [7, 11) is 0. The molecular weight excluding hydrogens is 328 g/mol. The molecule has 5 rings (SSSR count). The maximum atomic E-state index is 4.87.